The number of hydrogen-bond donors (Lipinski definition) is 2. The van der Waals surface area contributed by atoms with E-state index in [2.05, 4.69) is 51.4 Å². The fourth-order valence-electron chi connectivity index (χ4n) is 3.20. The highest BCUT2D eigenvalue weighted by molar-refractivity contribution is 5.29. The van der Waals surface area contributed by atoms with Crippen LogP contribution in [-0.4, -0.2) is 66.9 Å². The molecule has 1 aliphatic heterocycles. The summed E-state index contributed by atoms with van der Waals surface area (Å²) in [4.78, 5) is 4.94. The molecule has 1 aromatic heterocycles. The minimum absolute atomic E-state index is 0.281. The van der Waals surface area contributed by atoms with Crippen LogP contribution >= 0.6 is 0 Å². The summed E-state index contributed by atoms with van der Waals surface area (Å²) in [6.45, 7) is 8.40. The zero-order chi connectivity index (χ0) is 17.6. The monoisotopic (exact) mass is 343 g/mol. The number of nitrogens with zero attached hydrogens (tertiary/aromatic N) is 3. The van der Waals surface area contributed by atoms with Gasteiger partial charge in [-0.15, -0.1) is 0 Å². The van der Waals surface area contributed by atoms with E-state index in [9.17, 15) is 0 Å². The maximum absolute atomic E-state index is 5.30. The molecule has 1 fully saturated rings. The highest BCUT2D eigenvalue weighted by Gasteiger charge is 2.20. The smallest absolute Gasteiger partial charge is 0.118 e. The lowest BCUT2D eigenvalue weighted by molar-refractivity contribution is 0.142. The number of benzene rings is 1. The van der Waals surface area contributed by atoms with Crippen molar-refractivity contribution in [2.45, 2.75) is 19.5 Å². The predicted molar refractivity (Wildman–Crippen MR) is 99.8 cm³/mol. The number of H-pyrrole nitrogens is 1. The molecule has 3 rings (SSSR count). The van der Waals surface area contributed by atoms with E-state index >= 15 is 0 Å². The van der Waals surface area contributed by atoms with Crippen LogP contribution in [0.3, 0.4) is 0 Å². The van der Waals surface area contributed by atoms with E-state index in [0.29, 0.717) is 0 Å². The standard InChI is InChI=1S/C19H29N5O/c1-15-17(13-21-22-15)12-20-19(14-24-10-8-23(2)9-11-24)16-4-6-18(25-3)7-5-16/h4-7,13,19-20H,8-12,14H2,1-3H3,(H,21,22)/t19-/m0/s1. The Balaban J connectivity index is 1.69. The SMILES string of the molecule is COc1ccc([C@H](CN2CCN(C)CC2)NCc2cn[nH]c2C)cc1. The fraction of sp³-hybridized carbons (Fsp3) is 0.526. The molecule has 2 heterocycles. The molecule has 2 aromatic rings. The second-order valence-corrected chi connectivity index (χ2v) is 6.83. The van der Waals surface area contributed by atoms with Crippen molar-refractivity contribution in [3.05, 3.63) is 47.3 Å². The first-order chi connectivity index (χ1) is 12.2. The van der Waals surface area contributed by atoms with Crippen molar-refractivity contribution in [2.24, 2.45) is 0 Å². The van der Waals surface area contributed by atoms with Crippen LogP contribution in [-0.2, 0) is 6.54 Å². The van der Waals surface area contributed by atoms with Gasteiger partial charge in [0.15, 0.2) is 0 Å². The first-order valence-electron chi connectivity index (χ1n) is 8.93. The molecule has 136 valence electrons. The number of ether oxygens (including phenoxy) is 1. The fourth-order valence-corrected chi connectivity index (χ4v) is 3.20. The van der Waals surface area contributed by atoms with E-state index in [1.165, 1.54) is 11.1 Å². The van der Waals surface area contributed by atoms with Crippen LogP contribution in [0, 0.1) is 6.92 Å². The van der Waals surface area contributed by atoms with Crippen LogP contribution in [0.2, 0.25) is 0 Å². The number of methoxy groups -OCH3 is 1. The molecule has 1 aromatic carbocycles. The van der Waals surface area contributed by atoms with Crippen molar-refractivity contribution in [3.8, 4) is 5.75 Å². The lowest BCUT2D eigenvalue weighted by Gasteiger charge is -2.35. The highest BCUT2D eigenvalue weighted by atomic mass is 16.5. The molecule has 2 N–H and O–H groups in total. The summed E-state index contributed by atoms with van der Waals surface area (Å²) >= 11 is 0. The summed E-state index contributed by atoms with van der Waals surface area (Å²) in [6.07, 6.45) is 1.91. The molecule has 1 atom stereocenters. The van der Waals surface area contributed by atoms with Gasteiger partial charge in [0.1, 0.15) is 5.75 Å². The summed E-state index contributed by atoms with van der Waals surface area (Å²) in [6, 6.07) is 8.68. The van der Waals surface area contributed by atoms with Gasteiger partial charge >= 0.3 is 0 Å². The van der Waals surface area contributed by atoms with Gasteiger partial charge in [-0.05, 0) is 31.7 Å². The van der Waals surface area contributed by atoms with Crippen molar-refractivity contribution in [3.63, 3.8) is 0 Å². The summed E-state index contributed by atoms with van der Waals surface area (Å²) < 4.78 is 5.30. The molecule has 0 radical (unpaired) electrons. The third kappa shape index (κ3) is 4.81. The van der Waals surface area contributed by atoms with E-state index in [0.717, 1.165) is 50.7 Å². The number of piperazine rings is 1. The van der Waals surface area contributed by atoms with Gasteiger partial charge in [-0.25, -0.2) is 0 Å². The number of rotatable bonds is 7. The molecule has 0 amide bonds. The van der Waals surface area contributed by atoms with Crippen molar-refractivity contribution >= 4 is 0 Å². The average molecular weight is 343 g/mol. The molecule has 0 bridgehead atoms. The Bertz CT molecular complexity index is 646. The number of nitrogens with one attached hydrogen (secondary N) is 2. The Hall–Kier alpha value is -1.89. The minimum Gasteiger partial charge on any atom is -0.497 e. The largest absolute Gasteiger partial charge is 0.497 e. The van der Waals surface area contributed by atoms with Crippen molar-refractivity contribution in [1.82, 2.24) is 25.3 Å². The second-order valence-electron chi connectivity index (χ2n) is 6.83. The first kappa shape index (κ1) is 17.9. The van der Waals surface area contributed by atoms with Gasteiger partial charge in [-0.3, -0.25) is 10.00 Å². The number of aromatic amines is 1. The highest BCUT2D eigenvalue weighted by Crippen LogP contribution is 2.20. The normalized spacial score (nSPS) is 17.6. The van der Waals surface area contributed by atoms with E-state index in [1.54, 1.807) is 7.11 Å². The van der Waals surface area contributed by atoms with Crippen molar-refractivity contribution in [1.29, 1.82) is 0 Å². The second kappa shape index (κ2) is 8.47. The zero-order valence-corrected chi connectivity index (χ0v) is 15.5. The lowest BCUT2D eigenvalue weighted by atomic mass is 10.0. The summed E-state index contributed by atoms with van der Waals surface area (Å²) in [5.41, 5.74) is 3.64. The molecule has 0 spiro atoms. The molecule has 6 heteroatoms. The number of likely N-dealkylation sites (N-methyl/N-ethyl adjacent to an activating group) is 1. The molecule has 25 heavy (non-hydrogen) atoms. The molecular formula is C19H29N5O. The van der Waals surface area contributed by atoms with E-state index in [4.69, 9.17) is 4.74 Å². The molecule has 6 nitrogen and oxygen atoms in total. The van der Waals surface area contributed by atoms with Crippen LogP contribution in [0.4, 0.5) is 0 Å². The van der Waals surface area contributed by atoms with E-state index in [1.807, 2.05) is 18.3 Å². The Morgan fingerprint density at radius 3 is 2.52 bits per heavy atom. The third-order valence-corrected chi connectivity index (χ3v) is 5.03. The molecule has 1 aliphatic rings. The minimum atomic E-state index is 0.281. The van der Waals surface area contributed by atoms with Crippen molar-refractivity contribution < 1.29 is 4.74 Å². The van der Waals surface area contributed by atoms with Crippen LogP contribution in [0.15, 0.2) is 30.5 Å². The zero-order valence-electron chi connectivity index (χ0n) is 15.5. The van der Waals surface area contributed by atoms with Gasteiger partial charge < -0.3 is 15.0 Å². The Labute approximate surface area is 150 Å². The molecular weight excluding hydrogens is 314 g/mol. The van der Waals surface area contributed by atoms with Crippen molar-refractivity contribution in [2.75, 3.05) is 46.9 Å². The maximum Gasteiger partial charge on any atom is 0.118 e. The number of hydrogen-bond acceptors (Lipinski definition) is 5. The molecule has 0 unspecified atom stereocenters. The predicted octanol–water partition coefficient (Wildman–Crippen LogP) is 1.81. The molecule has 0 aliphatic carbocycles. The Morgan fingerprint density at radius 2 is 1.92 bits per heavy atom. The number of aromatic nitrogens is 2. The summed E-state index contributed by atoms with van der Waals surface area (Å²) in [7, 11) is 3.90. The quantitative estimate of drug-likeness (QED) is 0.803. The topological polar surface area (TPSA) is 56.4 Å². The summed E-state index contributed by atoms with van der Waals surface area (Å²) in [5, 5.41) is 10.9. The molecule has 1 saturated heterocycles. The van der Waals surface area contributed by atoms with E-state index < -0.39 is 0 Å². The third-order valence-electron chi connectivity index (χ3n) is 5.03. The van der Waals surface area contributed by atoms with Crippen LogP contribution in [0.25, 0.3) is 0 Å². The lowest BCUT2D eigenvalue weighted by Crippen LogP contribution is -2.47. The van der Waals surface area contributed by atoms with Gasteiger partial charge in [0.2, 0.25) is 0 Å². The maximum atomic E-state index is 5.30. The van der Waals surface area contributed by atoms with Crippen LogP contribution in [0.5, 0.6) is 5.75 Å². The number of aryl methyl sites for hydroxylation is 1. The van der Waals surface area contributed by atoms with Gasteiger partial charge in [0.25, 0.3) is 0 Å². The Kier molecular flexibility index (Phi) is 6.07. The van der Waals surface area contributed by atoms with Gasteiger partial charge in [0.05, 0.1) is 13.3 Å². The van der Waals surface area contributed by atoms with Gasteiger partial charge in [-0.2, -0.15) is 5.10 Å². The average Bonchev–Trinajstić information content (AvgIpc) is 3.05. The summed E-state index contributed by atoms with van der Waals surface area (Å²) in [5.74, 6) is 0.896. The van der Waals surface area contributed by atoms with Gasteiger partial charge in [0, 0.05) is 56.6 Å². The van der Waals surface area contributed by atoms with Crippen LogP contribution in [0.1, 0.15) is 22.9 Å². The molecule has 0 saturated carbocycles. The van der Waals surface area contributed by atoms with E-state index in [-0.39, 0.29) is 6.04 Å². The van der Waals surface area contributed by atoms with Crippen LogP contribution < -0.4 is 10.1 Å². The Morgan fingerprint density at radius 1 is 1.20 bits per heavy atom. The van der Waals surface area contributed by atoms with Gasteiger partial charge in [-0.1, -0.05) is 12.1 Å². The first-order valence-corrected chi connectivity index (χ1v) is 8.93.